The number of piperazine rings is 1. The van der Waals surface area contributed by atoms with Gasteiger partial charge in [-0.15, -0.1) is 0 Å². The number of fused-ring (bicyclic) bond motifs is 2. The van der Waals surface area contributed by atoms with Crippen molar-refractivity contribution < 1.29 is 89.5 Å². The van der Waals surface area contributed by atoms with Crippen molar-refractivity contribution in [2.75, 3.05) is 52.9 Å². The minimum Gasteiger partial charge on any atom is -0.462 e. The van der Waals surface area contributed by atoms with Crippen LogP contribution in [0.25, 0.3) is 0 Å². The second-order valence-corrected chi connectivity index (χ2v) is 21.2. The lowest BCUT2D eigenvalue weighted by molar-refractivity contribution is -0.308. The van der Waals surface area contributed by atoms with Gasteiger partial charge in [-0.2, -0.15) is 0 Å². The first-order chi connectivity index (χ1) is 37.1. The number of esters is 1. The van der Waals surface area contributed by atoms with E-state index in [2.05, 4.69) is 10.6 Å². The van der Waals surface area contributed by atoms with E-state index in [4.69, 9.17) is 18.9 Å². The molecular weight excluding hydrogens is 1020 g/mol. The topological polar surface area (TPSA) is 341 Å². The van der Waals surface area contributed by atoms with E-state index in [1.807, 2.05) is 42.2 Å². The van der Waals surface area contributed by atoms with Gasteiger partial charge < -0.3 is 90.7 Å². The molecular formula is C56H90N4O18. The molecule has 0 radical (unpaired) electrons. The number of cyclic esters (lactones) is 1. The third-order valence-electron chi connectivity index (χ3n) is 14.7. The summed E-state index contributed by atoms with van der Waals surface area (Å²) in [5, 5.41) is 127. The lowest BCUT2D eigenvalue weighted by Gasteiger charge is -2.47. The van der Waals surface area contributed by atoms with Gasteiger partial charge in [0.15, 0.2) is 12.1 Å². The Morgan fingerprint density at radius 3 is 1.90 bits per heavy atom. The predicted molar refractivity (Wildman–Crippen MR) is 287 cm³/mol. The Morgan fingerprint density at radius 1 is 0.692 bits per heavy atom. The van der Waals surface area contributed by atoms with Crippen LogP contribution >= 0.6 is 0 Å². The molecule has 0 aromatic heterocycles. The number of aliphatic hydroxyl groups is 11. The van der Waals surface area contributed by atoms with E-state index in [0.29, 0.717) is 19.6 Å². The van der Waals surface area contributed by atoms with Crippen LogP contribution in [0.1, 0.15) is 79.1 Å². The number of likely N-dealkylation sites (N-methyl/N-ethyl adjacent to an activating group) is 1. The van der Waals surface area contributed by atoms with Gasteiger partial charge in [0.1, 0.15) is 18.3 Å². The maximum absolute atomic E-state index is 14.5. The molecule has 0 spiro atoms. The molecule has 4 aliphatic rings. The van der Waals surface area contributed by atoms with Crippen molar-refractivity contribution in [2.45, 2.75) is 177 Å². The van der Waals surface area contributed by atoms with Crippen LogP contribution in [0.4, 0.5) is 0 Å². The lowest BCUT2D eigenvalue weighted by Crippen LogP contribution is -2.64. The highest BCUT2D eigenvalue weighted by Crippen LogP contribution is 2.39. The minimum absolute atomic E-state index is 0.0705. The van der Waals surface area contributed by atoms with Gasteiger partial charge in [0.25, 0.3) is 0 Å². The molecule has 0 aliphatic carbocycles. The number of nitrogens with zero attached hydrogens (tertiary/aromatic N) is 2. The highest BCUT2D eigenvalue weighted by Gasteiger charge is 2.52. The predicted octanol–water partition coefficient (Wildman–Crippen LogP) is -0.859. The molecule has 0 saturated carbocycles. The van der Waals surface area contributed by atoms with Crippen LogP contribution in [0.5, 0.6) is 0 Å². The van der Waals surface area contributed by atoms with Gasteiger partial charge in [0.2, 0.25) is 11.8 Å². The Kier molecular flexibility index (Phi) is 28.7. The number of ether oxygens (including phenoxy) is 4. The fourth-order valence-corrected chi connectivity index (χ4v) is 10.0. The lowest BCUT2D eigenvalue weighted by atomic mass is 9.81. The number of β-amino-alcohol motifs (C(OH)–C–C–N with tert-alkyl or cyclic N) is 1. The Hall–Kier alpha value is -4.05. The zero-order valence-corrected chi connectivity index (χ0v) is 45.8. The molecule has 19 atom stereocenters. The number of carbonyl (C=O) groups excluding carboxylic acids is 3. The Labute approximate surface area is 458 Å². The number of hydrogen-bond donors (Lipinski definition) is 13. The van der Waals surface area contributed by atoms with E-state index >= 15 is 0 Å². The maximum Gasteiger partial charge on any atom is 0.308 e. The van der Waals surface area contributed by atoms with Crippen LogP contribution in [0, 0.1) is 17.8 Å². The molecule has 3 fully saturated rings. The molecule has 78 heavy (non-hydrogen) atoms. The quantitative estimate of drug-likeness (QED) is 0.132. The number of carbonyl (C=O) groups is 3. The fraction of sp³-hybridized carbons (Fsp3) is 0.696. The van der Waals surface area contributed by atoms with Crippen LogP contribution < -0.4 is 10.6 Å². The van der Waals surface area contributed by atoms with E-state index in [1.54, 1.807) is 80.5 Å². The highest BCUT2D eigenvalue weighted by atomic mass is 16.7. The minimum atomic E-state index is -2.32. The monoisotopic (exact) mass is 1110 g/mol. The molecule has 0 unspecified atom stereocenters. The molecule has 0 aromatic rings. The van der Waals surface area contributed by atoms with E-state index < -0.39 is 153 Å². The standard InChI is InChI=1S/C56H90N4O18/c1-35-18-16-14-12-10-8-6-7-9-11-13-15-17-19-42(77-55-53(72)50(52(71)38(4)76-55)58-47(68)34-57-5)31-46-49(54(73)60-24-22-59(23-25-60)26-27-61)45(67)33-56(74,78-46)32-41(64)29-44(66)43(65)21-20-39(62)28-40(63)30-48(69)75-37(3)36(2)51(35)70/h6-19,35-46,49-53,55,57,61-67,70-72,74H,20-34H2,1-5H3,(H,58,68)/b7-6-,10-8-,11-9-,14-12-,15-13-,18-16-,19-17+/t35-,36-,37-,38+,39+,40+,41-,42-,43+,44+,45-,46-,49+,50-,51+,52+,53-,55-,56+/m0/s1. The summed E-state index contributed by atoms with van der Waals surface area (Å²) < 4.78 is 24.2. The first-order valence-electron chi connectivity index (χ1n) is 27.3. The number of allylic oxidation sites excluding steroid dienone is 12. The van der Waals surface area contributed by atoms with Crippen molar-refractivity contribution in [2.24, 2.45) is 17.8 Å². The van der Waals surface area contributed by atoms with Crippen LogP contribution in [-0.2, 0) is 33.3 Å². The van der Waals surface area contributed by atoms with Crippen LogP contribution in [0.3, 0.4) is 0 Å². The molecule has 4 rings (SSSR count). The molecule has 2 amide bonds. The van der Waals surface area contributed by atoms with E-state index in [0.717, 1.165) is 0 Å². The smallest absolute Gasteiger partial charge is 0.308 e. The normalized spacial score (nSPS) is 41.3. The van der Waals surface area contributed by atoms with Gasteiger partial charge in [-0.3, -0.25) is 19.3 Å². The van der Waals surface area contributed by atoms with Gasteiger partial charge >= 0.3 is 5.97 Å². The SMILES string of the molecule is CNCC(=O)N[C@@H]1[C@H](O)[C@H](O[C@H]2/C=C/C=C\C=C/C=C\C=C/C=C\C=C/[C@H](C)[C@@H](O)[C@@H](C)[C@H](C)OC(=O)C[C@H](O)C[C@H](O)CC[C@@H](O)[C@H](O)C[C@H](O)C[C@]3(O)C[C@H](O)[C@@H](C(=O)N4CCN(CCO)CC4)[C@H](C2)O3)O[C@H](C)[C@H]1O. The number of nitrogens with one attached hydrogen (secondary N) is 2. The summed E-state index contributed by atoms with van der Waals surface area (Å²) >= 11 is 0. The van der Waals surface area contributed by atoms with E-state index in [1.165, 1.54) is 6.92 Å². The van der Waals surface area contributed by atoms with Gasteiger partial charge in [0, 0.05) is 70.2 Å². The number of aliphatic hydroxyl groups excluding tert-OH is 10. The molecule has 2 bridgehead atoms. The number of rotatable bonds is 8. The second kappa shape index (κ2) is 33.6. The summed E-state index contributed by atoms with van der Waals surface area (Å²) in [6, 6.07) is -1.23. The number of hydrogen-bond acceptors (Lipinski definition) is 20. The summed E-state index contributed by atoms with van der Waals surface area (Å²) in [7, 11) is 1.56. The molecule has 13 N–H and O–H groups in total. The summed E-state index contributed by atoms with van der Waals surface area (Å²) in [6.45, 7) is 8.39. The zero-order valence-electron chi connectivity index (χ0n) is 45.8. The van der Waals surface area contributed by atoms with Crippen molar-refractivity contribution in [3.8, 4) is 0 Å². The van der Waals surface area contributed by atoms with Crippen molar-refractivity contribution in [3.63, 3.8) is 0 Å². The van der Waals surface area contributed by atoms with Gasteiger partial charge in [-0.1, -0.05) is 98.9 Å². The largest absolute Gasteiger partial charge is 0.462 e. The first kappa shape index (κ1) is 66.5. The molecule has 4 heterocycles. The van der Waals surface area contributed by atoms with Gasteiger partial charge in [-0.25, -0.2) is 0 Å². The van der Waals surface area contributed by atoms with Crippen molar-refractivity contribution >= 4 is 17.8 Å². The van der Waals surface area contributed by atoms with E-state index in [-0.39, 0.29) is 57.8 Å². The zero-order chi connectivity index (χ0) is 57.5. The van der Waals surface area contributed by atoms with Crippen LogP contribution in [0.2, 0.25) is 0 Å². The van der Waals surface area contributed by atoms with Gasteiger partial charge in [0.05, 0.1) is 92.6 Å². The van der Waals surface area contributed by atoms with Crippen molar-refractivity contribution in [3.05, 3.63) is 85.1 Å². The van der Waals surface area contributed by atoms with E-state index in [9.17, 15) is 70.6 Å². The fourth-order valence-electron chi connectivity index (χ4n) is 10.0. The molecule has 22 heteroatoms. The third kappa shape index (κ3) is 21.8. The molecule has 442 valence electrons. The molecule has 4 aliphatic heterocycles. The van der Waals surface area contributed by atoms with Crippen LogP contribution in [0.15, 0.2) is 85.1 Å². The summed E-state index contributed by atoms with van der Waals surface area (Å²) in [4.78, 5) is 43.5. The second-order valence-electron chi connectivity index (χ2n) is 21.2. The van der Waals surface area contributed by atoms with Crippen LogP contribution in [-0.4, -0.2) is 234 Å². The number of amides is 2. The Bertz CT molecular complexity index is 2030. The average molecular weight is 1110 g/mol. The average Bonchev–Trinajstić information content (AvgIpc) is 3.46. The molecule has 0 aromatic carbocycles. The Morgan fingerprint density at radius 2 is 1.29 bits per heavy atom. The first-order valence-corrected chi connectivity index (χ1v) is 27.3. The van der Waals surface area contributed by atoms with Crippen molar-refractivity contribution in [1.82, 2.24) is 20.4 Å². The molecule has 22 nitrogen and oxygen atoms in total. The Balaban J connectivity index is 1.66. The summed E-state index contributed by atoms with van der Waals surface area (Å²) in [6.07, 6.45) is 3.60. The third-order valence-corrected chi connectivity index (χ3v) is 14.7. The molecule has 3 saturated heterocycles. The highest BCUT2D eigenvalue weighted by molar-refractivity contribution is 5.80. The maximum atomic E-state index is 14.5. The summed E-state index contributed by atoms with van der Waals surface area (Å²) in [5.74, 6) is -6.12. The van der Waals surface area contributed by atoms with Gasteiger partial charge in [-0.05, 0) is 40.2 Å². The van der Waals surface area contributed by atoms with Crippen molar-refractivity contribution in [1.29, 1.82) is 0 Å². The summed E-state index contributed by atoms with van der Waals surface area (Å²) in [5.41, 5.74) is 0.